The lowest BCUT2D eigenvalue weighted by Gasteiger charge is -2.13. The van der Waals surface area contributed by atoms with Crippen LogP contribution in [-0.4, -0.2) is 16.9 Å². The van der Waals surface area contributed by atoms with Crippen molar-refractivity contribution in [2.24, 2.45) is 0 Å². The van der Waals surface area contributed by atoms with Crippen LogP contribution in [0.2, 0.25) is 0 Å². The second kappa shape index (κ2) is 6.55. The SMILES string of the molecule is CCCSC(C)C(=O)Nc1ccc(N)cc1C. The van der Waals surface area contributed by atoms with Gasteiger partial charge in [0.2, 0.25) is 5.91 Å². The third kappa shape index (κ3) is 4.30. The summed E-state index contributed by atoms with van der Waals surface area (Å²) in [7, 11) is 0. The third-order valence-electron chi connectivity index (χ3n) is 2.45. The molecule has 1 unspecified atom stereocenters. The molecule has 0 aliphatic rings. The molecule has 0 aliphatic carbocycles. The van der Waals surface area contributed by atoms with E-state index in [-0.39, 0.29) is 11.2 Å². The Bertz CT molecular complexity index is 393. The molecule has 4 heteroatoms. The van der Waals surface area contributed by atoms with E-state index in [0.717, 1.165) is 23.4 Å². The quantitative estimate of drug-likeness (QED) is 0.792. The van der Waals surface area contributed by atoms with E-state index >= 15 is 0 Å². The van der Waals surface area contributed by atoms with E-state index in [4.69, 9.17) is 5.73 Å². The molecule has 0 radical (unpaired) electrons. The maximum atomic E-state index is 11.9. The highest BCUT2D eigenvalue weighted by Crippen LogP contribution is 2.20. The number of hydrogen-bond donors (Lipinski definition) is 2. The lowest BCUT2D eigenvalue weighted by atomic mass is 10.2. The van der Waals surface area contributed by atoms with E-state index in [2.05, 4.69) is 12.2 Å². The Morgan fingerprint density at radius 2 is 2.24 bits per heavy atom. The zero-order chi connectivity index (χ0) is 12.8. The van der Waals surface area contributed by atoms with E-state index in [1.54, 1.807) is 17.8 Å². The standard InChI is InChI=1S/C13H20N2OS/c1-4-7-17-10(3)13(16)15-12-6-5-11(14)8-9(12)2/h5-6,8,10H,4,7,14H2,1-3H3,(H,15,16). The zero-order valence-electron chi connectivity index (χ0n) is 10.6. The van der Waals surface area contributed by atoms with Gasteiger partial charge in [0.15, 0.2) is 0 Å². The zero-order valence-corrected chi connectivity index (χ0v) is 11.4. The maximum absolute atomic E-state index is 11.9. The van der Waals surface area contributed by atoms with Crippen LogP contribution in [0, 0.1) is 6.92 Å². The number of amides is 1. The van der Waals surface area contributed by atoms with Crippen molar-refractivity contribution in [2.75, 3.05) is 16.8 Å². The van der Waals surface area contributed by atoms with Crippen molar-refractivity contribution in [3.63, 3.8) is 0 Å². The molecule has 0 fully saturated rings. The van der Waals surface area contributed by atoms with Crippen molar-refractivity contribution in [1.29, 1.82) is 0 Å². The number of carbonyl (C=O) groups is 1. The summed E-state index contributed by atoms with van der Waals surface area (Å²) in [6.07, 6.45) is 1.09. The van der Waals surface area contributed by atoms with Crippen molar-refractivity contribution in [1.82, 2.24) is 0 Å². The van der Waals surface area contributed by atoms with E-state index < -0.39 is 0 Å². The van der Waals surface area contributed by atoms with Crippen molar-refractivity contribution in [3.05, 3.63) is 23.8 Å². The molecule has 0 saturated carbocycles. The highest BCUT2D eigenvalue weighted by atomic mass is 32.2. The van der Waals surface area contributed by atoms with E-state index in [0.29, 0.717) is 5.69 Å². The maximum Gasteiger partial charge on any atom is 0.237 e. The molecule has 94 valence electrons. The summed E-state index contributed by atoms with van der Waals surface area (Å²) in [6.45, 7) is 5.99. The Hall–Kier alpha value is -1.16. The molecule has 1 aromatic rings. The van der Waals surface area contributed by atoms with Crippen molar-refractivity contribution < 1.29 is 4.79 Å². The van der Waals surface area contributed by atoms with E-state index in [1.165, 1.54) is 0 Å². The van der Waals surface area contributed by atoms with Gasteiger partial charge in [-0.2, -0.15) is 0 Å². The first kappa shape index (κ1) is 13.9. The Labute approximate surface area is 107 Å². The number of nitrogen functional groups attached to an aromatic ring is 1. The Kier molecular flexibility index (Phi) is 5.35. The second-order valence-electron chi connectivity index (χ2n) is 4.08. The first-order valence-corrected chi connectivity index (χ1v) is 6.88. The number of hydrogen-bond acceptors (Lipinski definition) is 3. The van der Waals surface area contributed by atoms with Gasteiger partial charge in [-0.05, 0) is 49.8 Å². The number of rotatable bonds is 5. The van der Waals surface area contributed by atoms with Gasteiger partial charge in [0.1, 0.15) is 0 Å². The van der Waals surface area contributed by atoms with Crippen molar-refractivity contribution in [3.8, 4) is 0 Å². The predicted molar refractivity (Wildman–Crippen MR) is 76.4 cm³/mol. The first-order valence-electron chi connectivity index (χ1n) is 5.83. The number of aryl methyl sites for hydroxylation is 1. The minimum atomic E-state index is -0.0214. The van der Waals surface area contributed by atoms with Crippen LogP contribution in [0.3, 0.4) is 0 Å². The summed E-state index contributed by atoms with van der Waals surface area (Å²) in [5.74, 6) is 1.06. The molecule has 0 bridgehead atoms. The minimum absolute atomic E-state index is 0.0214. The highest BCUT2D eigenvalue weighted by Gasteiger charge is 2.13. The van der Waals surface area contributed by atoms with E-state index in [9.17, 15) is 4.79 Å². The minimum Gasteiger partial charge on any atom is -0.399 e. The van der Waals surface area contributed by atoms with Gasteiger partial charge in [-0.1, -0.05) is 6.92 Å². The van der Waals surface area contributed by atoms with Crippen molar-refractivity contribution >= 4 is 29.0 Å². The fourth-order valence-corrected chi connectivity index (χ4v) is 2.23. The van der Waals surface area contributed by atoms with Gasteiger partial charge in [0.05, 0.1) is 5.25 Å². The average Bonchev–Trinajstić information content (AvgIpc) is 2.29. The van der Waals surface area contributed by atoms with Gasteiger partial charge in [0, 0.05) is 11.4 Å². The average molecular weight is 252 g/mol. The van der Waals surface area contributed by atoms with Crippen molar-refractivity contribution in [2.45, 2.75) is 32.4 Å². The summed E-state index contributed by atoms with van der Waals surface area (Å²) in [5.41, 5.74) is 8.22. The number of nitrogens with two attached hydrogens (primary N) is 1. The third-order valence-corrected chi connectivity index (χ3v) is 3.81. The summed E-state index contributed by atoms with van der Waals surface area (Å²) in [4.78, 5) is 11.9. The van der Waals surface area contributed by atoms with Gasteiger partial charge in [0.25, 0.3) is 0 Å². The molecule has 1 atom stereocenters. The summed E-state index contributed by atoms with van der Waals surface area (Å²) in [6, 6.07) is 5.51. The molecular formula is C13H20N2OS. The van der Waals surface area contributed by atoms with Gasteiger partial charge < -0.3 is 11.1 Å². The van der Waals surface area contributed by atoms with Crippen LogP contribution >= 0.6 is 11.8 Å². The van der Waals surface area contributed by atoms with Gasteiger partial charge in [-0.3, -0.25) is 4.79 Å². The van der Waals surface area contributed by atoms with Crippen LogP contribution in [0.15, 0.2) is 18.2 Å². The van der Waals surface area contributed by atoms with Gasteiger partial charge in [-0.25, -0.2) is 0 Å². The first-order chi connectivity index (χ1) is 8.04. The fourth-order valence-electron chi connectivity index (χ4n) is 1.43. The highest BCUT2D eigenvalue weighted by molar-refractivity contribution is 8.00. The Morgan fingerprint density at radius 1 is 1.53 bits per heavy atom. The fraction of sp³-hybridized carbons (Fsp3) is 0.462. The molecular weight excluding hydrogens is 232 g/mol. The Morgan fingerprint density at radius 3 is 2.82 bits per heavy atom. The number of carbonyl (C=O) groups excluding carboxylic acids is 1. The van der Waals surface area contributed by atoms with Crippen LogP contribution in [0.5, 0.6) is 0 Å². The summed E-state index contributed by atoms with van der Waals surface area (Å²) in [5, 5.41) is 2.91. The topological polar surface area (TPSA) is 55.1 Å². The summed E-state index contributed by atoms with van der Waals surface area (Å²) >= 11 is 1.68. The van der Waals surface area contributed by atoms with Crippen LogP contribution in [0.4, 0.5) is 11.4 Å². The number of thioether (sulfide) groups is 1. The number of anilines is 2. The lowest BCUT2D eigenvalue weighted by molar-refractivity contribution is -0.115. The van der Waals surface area contributed by atoms with Crippen LogP contribution < -0.4 is 11.1 Å². The molecule has 0 spiro atoms. The molecule has 0 aliphatic heterocycles. The van der Waals surface area contributed by atoms with Crippen LogP contribution in [0.25, 0.3) is 0 Å². The second-order valence-corrected chi connectivity index (χ2v) is 5.53. The predicted octanol–water partition coefficient (Wildman–Crippen LogP) is 3.05. The molecule has 1 amide bonds. The number of nitrogens with one attached hydrogen (secondary N) is 1. The molecule has 17 heavy (non-hydrogen) atoms. The Balaban J connectivity index is 2.61. The monoisotopic (exact) mass is 252 g/mol. The molecule has 0 aromatic heterocycles. The molecule has 0 heterocycles. The molecule has 1 aromatic carbocycles. The molecule has 3 N–H and O–H groups in total. The normalized spacial score (nSPS) is 12.2. The van der Waals surface area contributed by atoms with Crippen LogP contribution in [-0.2, 0) is 4.79 Å². The smallest absolute Gasteiger partial charge is 0.237 e. The van der Waals surface area contributed by atoms with Gasteiger partial charge >= 0.3 is 0 Å². The largest absolute Gasteiger partial charge is 0.399 e. The summed E-state index contributed by atoms with van der Waals surface area (Å²) < 4.78 is 0. The van der Waals surface area contributed by atoms with E-state index in [1.807, 2.05) is 26.0 Å². The van der Waals surface area contributed by atoms with Crippen LogP contribution in [0.1, 0.15) is 25.8 Å². The number of benzene rings is 1. The molecule has 3 nitrogen and oxygen atoms in total. The molecule has 0 saturated heterocycles. The lowest BCUT2D eigenvalue weighted by Crippen LogP contribution is -2.23. The van der Waals surface area contributed by atoms with Gasteiger partial charge in [-0.15, -0.1) is 11.8 Å². The molecule has 1 rings (SSSR count).